The smallest absolute Gasteiger partial charge is 0.108 e. The predicted octanol–water partition coefficient (Wildman–Crippen LogP) is 2.07. The Morgan fingerprint density at radius 1 is 1.29 bits per heavy atom. The molecule has 21 heavy (non-hydrogen) atoms. The van der Waals surface area contributed by atoms with E-state index in [1.165, 1.54) is 38.9 Å². The van der Waals surface area contributed by atoms with E-state index in [9.17, 15) is 5.26 Å². The predicted molar refractivity (Wildman–Crippen MR) is 87.1 cm³/mol. The maximum Gasteiger partial charge on any atom is 0.108 e. The van der Waals surface area contributed by atoms with E-state index in [-0.39, 0.29) is 5.54 Å². The fourth-order valence-electron chi connectivity index (χ4n) is 4.17. The van der Waals surface area contributed by atoms with Crippen molar-refractivity contribution in [1.82, 2.24) is 15.1 Å². The van der Waals surface area contributed by atoms with Crippen molar-refractivity contribution >= 4 is 0 Å². The Morgan fingerprint density at radius 2 is 1.95 bits per heavy atom. The van der Waals surface area contributed by atoms with Gasteiger partial charge in [-0.1, -0.05) is 0 Å². The number of nitriles is 1. The van der Waals surface area contributed by atoms with Crippen LogP contribution in [-0.4, -0.2) is 61.2 Å². The van der Waals surface area contributed by atoms with Crippen LogP contribution in [0.3, 0.4) is 0 Å². The molecule has 2 atom stereocenters. The molecule has 4 heteroatoms. The SMILES string of the molecule is CC(C)NC1(C#N)CCC(N2CCC(CN(C)C)CC2)C1. The Balaban J connectivity index is 1.84. The normalized spacial score (nSPS) is 32.0. The van der Waals surface area contributed by atoms with Crippen LogP contribution in [0.25, 0.3) is 0 Å². The molecule has 0 amide bonds. The lowest BCUT2D eigenvalue weighted by Gasteiger charge is -2.37. The van der Waals surface area contributed by atoms with E-state index in [4.69, 9.17) is 0 Å². The molecule has 1 aliphatic heterocycles. The van der Waals surface area contributed by atoms with Gasteiger partial charge in [0.2, 0.25) is 0 Å². The van der Waals surface area contributed by atoms with E-state index in [0.717, 1.165) is 18.8 Å². The van der Waals surface area contributed by atoms with E-state index < -0.39 is 0 Å². The summed E-state index contributed by atoms with van der Waals surface area (Å²) in [5.74, 6) is 0.854. The summed E-state index contributed by atoms with van der Waals surface area (Å²) < 4.78 is 0. The first-order valence-electron chi connectivity index (χ1n) is 8.52. The van der Waals surface area contributed by atoms with E-state index in [2.05, 4.69) is 49.1 Å². The Labute approximate surface area is 130 Å². The number of rotatable bonds is 5. The molecule has 1 aliphatic carbocycles. The van der Waals surface area contributed by atoms with Gasteiger partial charge in [0.15, 0.2) is 0 Å². The van der Waals surface area contributed by atoms with Crippen LogP contribution in [-0.2, 0) is 0 Å². The summed E-state index contributed by atoms with van der Waals surface area (Å²) >= 11 is 0. The average molecular weight is 292 g/mol. The van der Waals surface area contributed by atoms with Gasteiger partial charge in [-0.05, 0) is 79.1 Å². The summed E-state index contributed by atoms with van der Waals surface area (Å²) in [7, 11) is 4.34. The number of likely N-dealkylation sites (tertiary alicyclic amines) is 1. The first-order chi connectivity index (χ1) is 9.94. The molecule has 1 N–H and O–H groups in total. The summed E-state index contributed by atoms with van der Waals surface area (Å²) in [5, 5.41) is 13.1. The first-order valence-corrected chi connectivity index (χ1v) is 8.52. The van der Waals surface area contributed by atoms with Gasteiger partial charge in [0.25, 0.3) is 0 Å². The topological polar surface area (TPSA) is 42.3 Å². The highest BCUT2D eigenvalue weighted by Gasteiger charge is 2.42. The molecule has 0 aromatic carbocycles. The minimum atomic E-state index is -0.278. The minimum absolute atomic E-state index is 0.278. The average Bonchev–Trinajstić information content (AvgIpc) is 2.83. The number of nitrogens with zero attached hydrogens (tertiary/aromatic N) is 3. The Hall–Kier alpha value is -0.630. The van der Waals surface area contributed by atoms with E-state index in [1.54, 1.807) is 0 Å². The second-order valence-corrected chi connectivity index (χ2v) is 7.63. The fraction of sp³-hybridized carbons (Fsp3) is 0.941. The molecule has 0 radical (unpaired) electrons. The third kappa shape index (κ3) is 4.42. The molecular weight excluding hydrogens is 260 g/mol. The van der Waals surface area contributed by atoms with Gasteiger partial charge in [-0.2, -0.15) is 5.26 Å². The maximum absolute atomic E-state index is 9.59. The van der Waals surface area contributed by atoms with Crippen LogP contribution in [0.15, 0.2) is 0 Å². The highest BCUT2D eigenvalue weighted by atomic mass is 15.2. The quantitative estimate of drug-likeness (QED) is 0.842. The van der Waals surface area contributed by atoms with E-state index in [0.29, 0.717) is 12.1 Å². The lowest BCUT2D eigenvalue weighted by atomic mass is 9.94. The van der Waals surface area contributed by atoms with Crippen molar-refractivity contribution in [3.63, 3.8) is 0 Å². The molecule has 4 nitrogen and oxygen atoms in total. The van der Waals surface area contributed by atoms with Crippen LogP contribution in [0, 0.1) is 17.2 Å². The summed E-state index contributed by atoms with van der Waals surface area (Å²) in [6.07, 6.45) is 5.80. The molecular formula is C17H32N4. The van der Waals surface area contributed by atoms with Crippen molar-refractivity contribution in [3.05, 3.63) is 0 Å². The highest BCUT2D eigenvalue weighted by molar-refractivity contribution is 5.14. The van der Waals surface area contributed by atoms with Gasteiger partial charge in [0.05, 0.1) is 6.07 Å². The third-order valence-corrected chi connectivity index (χ3v) is 5.06. The highest BCUT2D eigenvalue weighted by Crippen LogP contribution is 2.35. The van der Waals surface area contributed by atoms with E-state index >= 15 is 0 Å². The van der Waals surface area contributed by atoms with Crippen molar-refractivity contribution < 1.29 is 0 Å². The molecule has 120 valence electrons. The second kappa shape index (κ2) is 7.09. The van der Waals surface area contributed by atoms with Gasteiger partial charge < -0.3 is 9.80 Å². The number of hydrogen-bond acceptors (Lipinski definition) is 4. The van der Waals surface area contributed by atoms with Crippen LogP contribution in [0.4, 0.5) is 0 Å². The molecule has 2 aliphatic rings. The standard InChI is InChI=1S/C17H32N4/c1-14(2)19-17(13-18)8-5-16(11-17)21-9-6-15(7-10-21)12-20(3)4/h14-16,19H,5-12H2,1-4H3. The molecule has 0 aromatic rings. The Morgan fingerprint density at radius 3 is 2.48 bits per heavy atom. The second-order valence-electron chi connectivity index (χ2n) is 7.63. The number of hydrogen-bond donors (Lipinski definition) is 1. The zero-order valence-corrected chi connectivity index (χ0v) is 14.2. The summed E-state index contributed by atoms with van der Waals surface area (Å²) in [6, 6.07) is 3.56. The van der Waals surface area contributed by atoms with Crippen LogP contribution < -0.4 is 5.32 Å². The molecule has 2 unspecified atom stereocenters. The first kappa shape index (κ1) is 16.7. The fourth-order valence-corrected chi connectivity index (χ4v) is 4.17. The van der Waals surface area contributed by atoms with E-state index in [1.807, 2.05) is 0 Å². The van der Waals surface area contributed by atoms with Crippen molar-refractivity contribution in [2.45, 2.75) is 63.6 Å². The van der Waals surface area contributed by atoms with Crippen LogP contribution >= 0.6 is 0 Å². The molecule has 0 aromatic heterocycles. The van der Waals surface area contributed by atoms with Crippen molar-refractivity contribution in [2.75, 3.05) is 33.7 Å². The molecule has 0 bridgehead atoms. The van der Waals surface area contributed by atoms with Gasteiger partial charge in [-0.3, -0.25) is 5.32 Å². The zero-order chi connectivity index (χ0) is 15.5. The number of nitrogens with one attached hydrogen (secondary N) is 1. The molecule has 1 saturated carbocycles. The van der Waals surface area contributed by atoms with Crippen molar-refractivity contribution in [2.24, 2.45) is 5.92 Å². The van der Waals surface area contributed by atoms with Gasteiger partial charge in [0.1, 0.15) is 5.54 Å². The van der Waals surface area contributed by atoms with Crippen molar-refractivity contribution in [1.29, 1.82) is 5.26 Å². The third-order valence-electron chi connectivity index (χ3n) is 5.06. The number of piperidine rings is 1. The van der Waals surface area contributed by atoms with Crippen molar-refractivity contribution in [3.8, 4) is 6.07 Å². The Bertz CT molecular complexity index is 365. The lowest BCUT2D eigenvalue weighted by Crippen LogP contribution is -2.48. The Kier molecular flexibility index (Phi) is 5.65. The molecule has 1 heterocycles. The van der Waals surface area contributed by atoms with Gasteiger partial charge >= 0.3 is 0 Å². The van der Waals surface area contributed by atoms with Crippen LogP contribution in [0.5, 0.6) is 0 Å². The summed E-state index contributed by atoms with van der Waals surface area (Å²) in [5.41, 5.74) is -0.278. The molecule has 0 spiro atoms. The lowest BCUT2D eigenvalue weighted by molar-refractivity contribution is 0.118. The molecule has 2 fully saturated rings. The monoisotopic (exact) mass is 292 g/mol. The summed E-state index contributed by atoms with van der Waals surface area (Å²) in [4.78, 5) is 4.95. The van der Waals surface area contributed by atoms with Gasteiger partial charge in [0, 0.05) is 18.6 Å². The molecule has 2 rings (SSSR count). The largest absolute Gasteiger partial charge is 0.309 e. The molecule has 1 saturated heterocycles. The maximum atomic E-state index is 9.59. The van der Waals surface area contributed by atoms with Crippen LogP contribution in [0.1, 0.15) is 46.0 Å². The van der Waals surface area contributed by atoms with Gasteiger partial charge in [-0.25, -0.2) is 0 Å². The van der Waals surface area contributed by atoms with Gasteiger partial charge in [-0.15, -0.1) is 0 Å². The minimum Gasteiger partial charge on any atom is -0.309 e. The summed E-state index contributed by atoms with van der Waals surface area (Å²) in [6.45, 7) is 7.92. The zero-order valence-electron chi connectivity index (χ0n) is 14.2. The van der Waals surface area contributed by atoms with Crippen LogP contribution in [0.2, 0.25) is 0 Å².